The summed E-state index contributed by atoms with van der Waals surface area (Å²) in [6.45, 7) is 2.24. The zero-order chi connectivity index (χ0) is 16.0. The van der Waals surface area contributed by atoms with Crippen LogP contribution in [0.4, 0.5) is 10.5 Å². The van der Waals surface area contributed by atoms with Crippen molar-refractivity contribution in [3.63, 3.8) is 0 Å². The topological polar surface area (TPSA) is 95.5 Å². The fraction of sp³-hybridized carbons (Fsp3) is 0.385. The van der Waals surface area contributed by atoms with Crippen molar-refractivity contribution in [1.29, 1.82) is 0 Å². The number of anilines is 1. The highest BCUT2D eigenvalue weighted by molar-refractivity contribution is 7.84. The Kier molecular flexibility index (Phi) is 6.64. The van der Waals surface area contributed by atoms with E-state index in [1.54, 1.807) is 6.26 Å². The average molecular weight is 333 g/mol. The average Bonchev–Trinajstić information content (AvgIpc) is 2.37. The van der Waals surface area contributed by atoms with E-state index in [2.05, 4.69) is 10.6 Å². The van der Waals surface area contributed by atoms with Crippen LogP contribution in [0.5, 0.6) is 0 Å². The van der Waals surface area contributed by atoms with E-state index in [-0.39, 0.29) is 15.8 Å². The highest BCUT2D eigenvalue weighted by Crippen LogP contribution is 2.20. The second kappa shape index (κ2) is 7.99. The minimum atomic E-state index is -1.13. The number of carboxylic acid groups (broad SMARTS) is 1. The Bertz CT molecular complexity index is 565. The van der Waals surface area contributed by atoms with Gasteiger partial charge in [0.25, 0.3) is 0 Å². The van der Waals surface area contributed by atoms with Crippen molar-refractivity contribution >= 4 is 40.1 Å². The zero-order valence-electron chi connectivity index (χ0n) is 11.7. The number of rotatable bonds is 6. The van der Waals surface area contributed by atoms with Gasteiger partial charge in [0.15, 0.2) is 0 Å². The van der Waals surface area contributed by atoms with Crippen LogP contribution in [-0.2, 0) is 10.8 Å². The third-order valence-electron chi connectivity index (χ3n) is 2.86. The number of hydrogen-bond acceptors (Lipinski definition) is 3. The number of carbonyl (C=O) groups is 2. The van der Waals surface area contributed by atoms with Gasteiger partial charge >= 0.3 is 12.0 Å². The van der Waals surface area contributed by atoms with Gasteiger partial charge in [0.2, 0.25) is 0 Å². The lowest BCUT2D eigenvalue weighted by atomic mass is 10.2. The highest BCUT2D eigenvalue weighted by Gasteiger charge is 2.10. The molecule has 0 spiro atoms. The summed E-state index contributed by atoms with van der Waals surface area (Å²) in [5, 5.41) is 14.1. The fourth-order valence-corrected chi connectivity index (χ4v) is 2.21. The van der Waals surface area contributed by atoms with Gasteiger partial charge in [0.05, 0.1) is 10.6 Å². The first-order chi connectivity index (χ1) is 9.81. The molecule has 0 heterocycles. The number of amides is 2. The molecule has 8 heteroatoms. The van der Waals surface area contributed by atoms with Crippen LogP contribution in [0.15, 0.2) is 18.2 Å². The minimum absolute atomic E-state index is 0.00888. The Morgan fingerprint density at radius 1 is 1.43 bits per heavy atom. The normalized spacial score (nSPS) is 13.3. The van der Waals surface area contributed by atoms with Crippen molar-refractivity contribution in [1.82, 2.24) is 5.32 Å². The SMILES string of the molecule is CC(CCNC(=O)Nc1ccc(C(=O)O)c(Cl)c1)S(C)=O. The quantitative estimate of drug-likeness (QED) is 0.745. The molecule has 116 valence electrons. The molecular weight excluding hydrogens is 316 g/mol. The molecule has 1 aromatic rings. The van der Waals surface area contributed by atoms with Crippen molar-refractivity contribution in [2.75, 3.05) is 18.1 Å². The third-order valence-corrected chi connectivity index (χ3v) is 4.54. The molecule has 2 atom stereocenters. The Hall–Kier alpha value is -1.60. The van der Waals surface area contributed by atoms with Crippen LogP contribution in [0.25, 0.3) is 0 Å². The molecule has 0 bridgehead atoms. The first-order valence-corrected chi connectivity index (χ1v) is 8.21. The smallest absolute Gasteiger partial charge is 0.337 e. The number of nitrogens with one attached hydrogen (secondary N) is 2. The standard InChI is InChI=1S/C13H17ClN2O4S/c1-8(21(2)20)5-6-15-13(19)16-9-3-4-10(12(17)18)11(14)7-9/h3-4,7-8H,5-6H2,1-2H3,(H,17,18)(H2,15,16,19). The molecular formula is C13H17ClN2O4S. The van der Waals surface area contributed by atoms with E-state index >= 15 is 0 Å². The van der Waals surface area contributed by atoms with E-state index in [0.717, 1.165) is 0 Å². The van der Waals surface area contributed by atoms with E-state index in [0.29, 0.717) is 18.7 Å². The summed E-state index contributed by atoms with van der Waals surface area (Å²) in [4.78, 5) is 22.4. The molecule has 21 heavy (non-hydrogen) atoms. The van der Waals surface area contributed by atoms with Crippen LogP contribution in [0.1, 0.15) is 23.7 Å². The van der Waals surface area contributed by atoms with Gasteiger partial charge in [-0.3, -0.25) is 4.21 Å². The number of benzene rings is 1. The maximum absolute atomic E-state index is 11.6. The predicted molar refractivity (Wildman–Crippen MR) is 83.6 cm³/mol. The highest BCUT2D eigenvalue weighted by atomic mass is 35.5. The number of carbonyl (C=O) groups excluding carboxylic acids is 1. The lowest BCUT2D eigenvalue weighted by molar-refractivity contribution is 0.0697. The molecule has 1 rings (SSSR count). The predicted octanol–water partition coefficient (Wildman–Crippen LogP) is 2.32. The Morgan fingerprint density at radius 2 is 2.10 bits per heavy atom. The fourth-order valence-electron chi connectivity index (χ4n) is 1.50. The lowest BCUT2D eigenvalue weighted by Crippen LogP contribution is -2.31. The van der Waals surface area contributed by atoms with Crippen LogP contribution in [0, 0.1) is 0 Å². The van der Waals surface area contributed by atoms with Crippen LogP contribution >= 0.6 is 11.6 Å². The molecule has 0 saturated carbocycles. The van der Waals surface area contributed by atoms with Crippen LogP contribution in [0.2, 0.25) is 5.02 Å². The van der Waals surface area contributed by atoms with Crippen molar-refractivity contribution in [3.05, 3.63) is 28.8 Å². The molecule has 0 aliphatic heterocycles. The molecule has 0 aliphatic carbocycles. The van der Waals surface area contributed by atoms with Crippen LogP contribution in [-0.4, -0.2) is 39.4 Å². The maximum Gasteiger partial charge on any atom is 0.337 e. The summed E-state index contributed by atoms with van der Waals surface area (Å²) >= 11 is 5.80. The Balaban J connectivity index is 2.50. The van der Waals surface area contributed by atoms with E-state index in [1.165, 1.54) is 18.2 Å². The second-order valence-electron chi connectivity index (χ2n) is 4.48. The van der Waals surface area contributed by atoms with Gasteiger partial charge in [-0.05, 0) is 24.6 Å². The lowest BCUT2D eigenvalue weighted by Gasteiger charge is -2.11. The summed E-state index contributed by atoms with van der Waals surface area (Å²) < 4.78 is 11.2. The summed E-state index contributed by atoms with van der Waals surface area (Å²) in [6.07, 6.45) is 2.23. The van der Waals surface area contributed by atoms with Gasteiger partial charge in [-0.15, -0.1) is 0 Å². The number of urea groups is 1. The van der Waals surface area contributed by atoms with E-state index in [1.807, 2.05) is 6.92 Å². The Labute approximate surface area is 130 Å². The minimum Gasteiger partial charge on any atom is -0.478 e. The van der Waals surface area contributed by atoms with Crippen LogP contribution < -0.4 is 10.6 Å². The molecule has 2 unspecified atom stereocenters. The first-order valence-electron chi connectivity index (χ1n) is 6.21. The molecule has 3 N–H and O–H groups in total. The largest absolute Gasteiger partial charge is 0.478 e. The van der Waals surface area contributed by atoms with E-state index in [4.69, 9.17) is 16.7 Å². The van der Waals surface area contributed by atoms with Gasteiger partial charge in [-0.2, -0.15) is 0 Å². The molecule has 0 aromatic heterocycles. The molecule has 0 fully saturated rings. The van der Waals surface area contributed by atoms with Crippen molar-refractivity contribution < 1.29 is 18.9 Å². The molecule has 1 aromatic carbocycles. The van der Waals surface area contributed by atoms with Crippen LogP contribution in [0.3, 0.4) is 0 Å². The third kappa shape index (κ3) is 5.73. The number of hydrogen-bond donors (Lipinski definition) is 3. The van der Waals surface area contributed by atoms with E-state index < -0.39 is 22.8 Å². The van der Waals surface area contributed by atoms with Gasteiger partial charge in [0.1, 0.15) is 0 Å². The second-order valence-corrected chi connectivity index (χ2v) is 6.69. The van der Waals surface area contributed by atoms with E-state index in [9.17, 15) is 13.8 Å². The number of halogens is 1. The Morgan fingerprint density at radius 3 is 2.62 bits per heavy atom. The van der Waals surface area contributed by atoms with Crippen molar-refractivity contribution in [2.24, 2.45) is 0 Å². The first kappa shape index (κ1) is 17.5. The maximum atomic E-state index is 11.6. The summed E-state index contributed by atoms with van der Waals surface area (Å²) in [6, 6.07) is 3.72. The van der Waals surface area contributed by atoms with Gasteiger partial charge in [-0.1, -0.05) is 18.5 Å². The number of carboxylic acids is 1. The molecule has 0 aliphatic rings. The summed E-state index contributed by atoms with van der Waals surface area (Å²) in [5.74, 6) is -1.13. The molecule has 0 radical (unpaired) electrons. The van der Waals surface area contributed by atoms with Gasteiger partial charge in [0, 0.05) is 34.5 Å². The summed E-state index contributed by atoms with van der Waals surface area (Å²) in [5.41, 5.74) is 0.372. The monoisotopic (exact) mass is 332 g/mol. The molecule has 2 amide bonds. The van der Waals surface area contributed by atoms with Crippen molar-refractivity contribution in [2.45, 2.75) is 18.6 Å². The van der Waals surface area contributed by atoms with Gasteiger partial charge in [-0.25, -0.2) is 9.59 Å². The molecule has 0 saturated heterocycles. The van der Waals surface area contributed by atoms with Crippen molar-refractivity contribution in [3.8, 4) is 0 Å². The van der Waals surface area contributed by atoms with Gasteiger partial charge < -0.3 is 15.7 Å². The zero-order valence-corrected chi connectivity index (χ0v) is 13.3. The molecule has 6 nitrogen and oxygen atoms in total. The number of aromatic carboxylic acids is 1. The summed E-state index contributed by atoms with van der Waals surface area (Å²) in [7, 11) is -0.918.